The third-order valence-corrected chi connectivity index (χ3v) is 6.35. The van der Waals surface area contributed by atoms with Crippen LogP contribution in [0.3, 0.4) is 0 Å². The van der Waals surface area contributed by atoms with Gasteiger partial charge in [-0.05, 0) is 44.4 Å². The van der Waals surface area contributed by atoms with Crippen molar-refractivity contribution in [3.8, 4) is 0 Å². The molecule has 2 N–H and O–H groups in total. The molecule has 0 saturated carbocycles. The lowest BCUT2D eigenvalue weighted by Crippen LogP contribution is -2.52. The topological polar surface area (TPSA) is 103 Å². The second-order valence-electron chi connectivity index (χ2n) is 10.8. The van der Waals surface area contributed by atoms with Gasteiger partial charge in [-0.1, -0.05) is 81.3 Å². The molecule has 0 radical (unpaired) electrons. The van der Waals surface area contributed by atoms with Crippen LogP contribution in [0.5, 0.6) is 0 Å². The Kier molecular flexibility index (Phi) is 15.3. The average Bonchev–Trinajstić information content (AvgIpc) is 2.88. The lowest BCUT2D eigenvalue weighted by Gasteiger charge is -2.29. The van der Waals surface area contributed by atoms with Crippen LogP contribution in [0.15, 0.2) is 71.2 Å². The van der Waals surface area contributed by atoms with Crippen molar-refractivity contribution in [1.82, 2.24) is 10.6 Å². The lowest BCUT2D eigenvalue weighted by molar-refractivity contribution is -0.151. The second-order valence-corrected chi connectivity index (χ2v) is 11.4. The molecule has 2 amide bonds. The first-order chi connectivity index (χ1) is 18.8. The molecule has 1 aliphatic rings. The highest BCUT2D eigenvalue weighted by Gasteiger charge is 2.32. The highest BCUT2D eigenvalue weighted by Crippen LogP contribution is 2.23. The summed E-state index contributed by atoms with van der Waals surface area (Å²) in [6.07, 6.45) is 17.2. The molecule has 1 heterocycles. The van der Waals surface area contributed by atoms with Crippen LogP contribution in [0, 0.1) is 11.3 Å². The Morgan fingerprint density at radius 2 is 1.85 bits per heavy atom. The molecular formula is C31H45ClN2O6. The molecule has 0 aliphatic carbocycles. The Morgan fingerprint density at radius 3 is 2.42 bits per heavy atom. The summed E-state index contributed by atoms with van der Waals surface area (Å²) in [5.41, 5.74) is 0.449. The Hall–Kier alpha value is -3.10. The summed E-state index contributed by atoms with van der Waals surface area (Å²) in [7, 11) is 3.07. The summed E-state index contributed by atoms with van der Waals surface area (Å²) >= 11 is 5.88. The predicted molar refractivity (Wildman–Crippen MR) is 159 cm³/mol. The fourth-order valence-electron chi connectivity index (χ4n) is 3.86. The molecule has 4 atom stereocenters. The van der Waals surface area contributed by atoms with Crippen molar-refractivity contribution in [2.45, 2.75) is 79.1 Å². The molecule has 8 nitrogen and oxygen atoms in total. The van der Waals surface area contributed by atoms with Gasteiger partial charge < -0.3 is 24.8 Å². The van der Waals surface area contributed by atoms with E-state index in [2.05, 4.69) is 10.6 Å². The maximum atomic E-state index is 12.8. The van der Waals surface area contributed by atoms with Gasteiger partial charge in [-0.3, -0.25) is 9.59 Å². The van der Waals surface area contributed by atoms with Gasteiger partial charge in [-0.2, -0.15) is 0 Å². The van der Waals surface area contributed by atoms with Gasteiger partial charge in [0.15, 0.2) is 5.76 Å². The molecule has 0 aromatic heterocycles. The first kappa shape index (κ1) is 34.9. The van der Waals surface area contributed by atoms with E-state index in [0.29, 0.717) is 24.3 Å². The number of amides is 2. The maximum Gasteiger partial charge on any atom is 0.373 e. The van der Waals surface area contributed by atoms with Crippen LogP contribution in [0.4, 0.5) is 0 Å². The molecule has 1 aliphatic heterocycles. The zero-order valence-electron chi connectivity index (χ0n) is 25.0. The normalized spacial score (nSPS) is 19.4. The fraction of sp³-hybridized carbons (Fsp3) is 0.516. The molecule has 222 valence electrons. The molecule has 40 heavy (non-hydrogen) atoms. The second kappa shape index (κ2) is 17.6. The number of carbonyl (C=O) groups is 3. The van der Waals surface area contributed by atoms with Gasteiger partial charge in [0.25, 0.3) is 0 Å². The summed E-state index contributed by atoms with van der Waals surface area (Å²) < 4.78 is 15.8. The number of halogens is 1. The van der Waals surface area contributed by atoms with Crippen molar-refractivity contribution in [3.63, 3.8) is 0 Å². The summed E-state index contributed by atoms with van der Waals surface area (Å²) in [5, 5.41) is 6.26. The van der Waals surface area contributed by atoms with Crippen LogP contribution in [0.25, 0.3) is 0 Å². The fourth-order valence-corrected chi connectivity index (χ4v) is 3.95. The van der Waals surface area contributed by atoms with Gasteiger partial charge in [0.2, 0.25) is 11.8 Å². The number of hydrogen-bond acceptors (Lipinski definition) is 6. The van der Waals surface area contributed by atoms with Gasteiger partial charge >= 0.3 is 5.97 Å². The van der Waals surface area contributed by atoms with Crippen LogP contribution in [-0.2, 0) is 28.6 Å². The smallest absolute Gasteiger partial charge is 0.373 e. The zero-order chi connectivity index (χ0) is 30.3. The van der Waals surface area contributed by atoms with Crippen molar-refractivity contribution in [1.29, 1.82) is 0 Å². The number of ether oxygens (including phenoxy) is 3. The van der Waals surface area contributed by atoms with E-state index >= 15 is 0 Å². The monoisotopic (exact) mass is 576 g/mol. The van der Waals surface area contributed by atoms with E-state index < -0.39 is 17.4 Å². The number of esters is 1. The number of methoxy groups -OCH3 is 2. The van der Waals surface area contributed by atoms with Crippen molar-refractivity contribution in [3.05, 3.63) is 71.2 Å². The molecule has 0 unspecified atom stereocenters. The Labute approximate surface area is 244 Å². The molecule has 9 heteroatoms. The SMILES string of the molecule is COC1=CC[C@@H]([C@@H](C)/C=C(C)/C=C\C=C/C(=O)N[C@H](C(=O)N/C=C\C[C@H](C/C=C(\C)Cl)OC)C(C)(C)C)OC1=O. The first-order valence-electron chi connectivity index (χ1n) is 13.4. The number of rotatable bonds is 14. The minimum Gasteiger partial charge on any atom is -0.490 e. The number of cyclic esters (lactones) is 1. The number of carbonyl (C=O) groups excluding carboxylic acids is 3. The number of allylic oxidation sites excluding steroid dienone is 5. The summed E-state index contributed by atoms with van der Waals surface area (Å²) in [6, 6.07) is -0.744. The number of nitrogens with one attached hydrogen (secondary N) is 2. The highest BCUT2D eigenvalue weighted by molar-refractivity contribution is 6.29. The lowest BCUT2D eigenvalue weighted by atomic mass is 9.86. The quantitative estimate of drug-likeness (QED) is 0.158. The van der Waals surface area contributed by atoms with Crippen LogP contribution in [0.1, 0.15) is 60.8 Å². The Morgan fingerprint density at radius 1 is 1.18 bits per heavy atom. The minimum absolute atomic E-state index is 0.00250. The van der Waals surface area contributed by atoms with E-state index in [0.717, 1.165) is 5.57 Å². The average molecular weight is 577 g/mol. The molecule has 0 fully saturated rings. The molecule has 0 aromatic rings. The van der Waals surface area contributed by atoms with Crippen molar-refractivity contribution >= 4 is 29.4 Å². The number of hydrogen-bond donors (Lipinski definition) is 2. The molecule has 0 spiro atoms. The van der Waals surface area contributed by atoms with Crippen molar-refractivity contribution < 1.29 is 28.6 Å². The predicted octanol–water partition coefficient (Wildman–Crippen LogP) is 5.63. The molecule has 0 aromatic carbocycles. The van der Waals surface area contributed by atoms with Crippen LogP contribution in [0.2, 0.25) is 0 Å². The van der Waals surface area contributed by atoms with Crippen LogP contribution in [-0.4, -0.2) is 50.3 Å². The van der Waals surface area contributed by atoms with Gasteiger partial charge in [-0.15, -0.1) is 0 Å². The van der Waals surface area contributed by atoms with Crippen molar-refractivity contribution in [2.24, 2.45) is 11.3 Å². The van der Waals surface area contributed by atoms with E-state index in [1.165, 1.54) is 13.2 Å². The summed E-state index contributed by atoms with van der Waals surface area (Å²) in [6.45, 7) is 11.4. The van der Waals surface area contributed by atoms with E-state index in [-0.39, 0.29) is 35.7 Å². The van der Waals surface area contributed by atoms with Crippen LogP contribution < -0.4 is 10.6 Å². The Bertz CT molecular complexity index is 1040. The largest absolute Gasteiger partial charge is 0.490 e. The highest BCUT2D eigenvalue weighted by atomic mass is 35.5. The van der Waals surface area contributed by atoms with Gasteiger partial charge in [-0.25, -0.2) is 4.79 Å². The molecule has 0 bridgehead atoms. The first-order valence-corrected chi connectivity index (χ1v) is 13.8. The standard InChI is InChI=1S/C31H45ClN2O6/c1-21(20-22(2)25-17-18-26(39-8)30(37)40-25)12-9-10-14-27(35)34-28(31(4,5)6)29(36)33-19-11-13-24(38-7)16-15-23(3)32/h9-12,14-15,18-20,22,24-25,28H,13,16-17H2,1-8H3,(H,33,36)(H,34,35)/b12-9-,14-10-,19-11-,21-20+,23-15+/t22-,24+,25-,28+/m0/s1. The van der Waals surface area contributed by atoms with E-state index in [9.17, 15) is 14.4 Å². The van der Waals surface area contributed by atoms with E-state index in [4.69, 9.17) is 25.8 Å². The van der Waals surface area contributed by atoms with E-state index in [1.54, 1.807) is 31.5 Å². The summed E-state index contributed by atoms with van der Waals surface area (Å²) in [4.78, 5) is 37.3. The third kappa shape index (κ3) is 13.3. The summed E-state index contributed by atoms with van der Waals surface area (Å²) in [5.74, 6) is -0.906. The third-order valence-electron chi connectivity index (χ3n) is 6.20. The molecular weight excluding hydrogens is 532 g/mol. The van der Waals surface area contributed by atoms with Crippen LogP contribution >= 0.6 is 11.6 Å². The maximum absolute atomic E-state index is 12.8. The Balaban J connectivity index is 2.66. The molecule has 1 rings (SSSR count). The molecule has 0 saturated heterocycles. The van der Waals surface area contributed by atoms with E-state index in [1.807, 2.05) is 65.8 Å². The van der Waals surface area contributed by atoms with Crippen molar-refractivity contribution in [2.75, 3.05) is 14.2 Å². The zero-order valence-corrected chi connectivity index (χ0v) is 25.7. The van der Waals surface area contributed by atoms with Gasteiger partial charge in [0.05, 0.1) is 13.2 Å². The van der Waals surface area contributed by atoms with Gasteiger partial charge in [0.1, 0.15) is 12.1 Å². The minimum atomic E-state index is -0.744. The van der Waals surface area contributed by atoms with Gasteiger partial charge in [0, 0.05) is 30.6 Å².